The van der Waals surface area contributed by atoms with Gasteiger partial charge in [-0.1, -0.05) is 18.2 Å². The lowest BCUT2D eigenvalue weighted by Gasteiger charge is -2.33. The molecule has 1 aliphatic rings. The van der Waals surface area contributed by atoms with Gasteiger partial charge in [0.2, 0.25) is 0 Å². The third-order valence-electron chi connectivity index (χ3n) is 4.16. The maximum Gasteiger partial charge on any atom is 0.393 e. The van der Waals surface area contributed by atoms with Gasteiger partial charge in [0.05, 0.1) is 12.5 Å². The molecule has 1 aromatic carbocycles. The highest BCUT2D eigenvalue weighted by Gasteiger charge is 2.30. The number of rotatable bonds is 3. The molecule has 1 heterocycles. The maximum absolute atomic E-state index is 12.6. The first kappa shape index (κ1) is 17.6. The zero-order valence-electron chi connectivity index (χ0n) is 12.9. The molecule has 1 unspecified atom stereocenters. The molecule has 4 nitrogen and oxygen atoms in total. The molecule has 1 atom stereocenters. The minimum absolute atomic E-state index is 0.0483. The fourth-order valence-corrected chi connectivity index (χ4v) is 2.79. The quantitative estimate of drug-likeness (QED) is 0.892. The Labute approximate surface area is 133 Å². The van der Waals surface area contributed by atoms with Crippen LogP contribution in [0.3, 0.4) is 0 Å². The minimum atomic E-state index is -4.32. The Morgan fingerprint density at radius 3 is 2.52 bits per heavy atom. The molecule has 0 radical (unpaired) electrons. The van der Waals surface area contributed by atoms with E-state index in [1.807, 2.05) is 0 Å². The number of alkyl halides is 3. The summed E-state index contributed by atoms with van der Waals surface area (Å²) >= 11 is 0. The Morgan fingerprint density at radius 1 is 1.35 bits per heavy atom. The summed E-state index contributed by atoms with van der Waals surface area (Å²) in [5.41, 5.74) is 0.236. The van der Waals surface area contributed by atoms with Gasteiger partial charge in [-0.3, -0.25) is 0 Å². The summed E-state index contributed by atoms with van der Waals surface area (Å²) in [6, 6.07) is 5.55. The number of hydrogen-bond donors (Lipinski definition) is 2. The predicted molar refractivity (Wildman–Crippen MR) is 81.2 cm³/mol. The van der Waals surface area contributed by atoms with Crippen molar-refractivity contribution in [2.24, 2.45) is 5.92 Å². The Balaban J connectivity index is 1.99. The van der Waals surface area contributed by atoms with Gasteiger partial charge in [0.1, 0.15) is 0 Å². The van der Waals surface area contributed by atoms with E-state index in [2.05, 4.69) is 5.32 Å². The number of nitrogens with zero attached hydrogens (tertiary/aromatic N) is 1. The molecule has 128 valence electrons. The molecule has 0 saturated carbocycles. The van der Waals surface area contributed by atoms with Gasteiger partial charge < -0.3 is 15.3 Å². The monoisotopic (exact) mass is 330 g/mol. The number of para-hydroxylation sites is 1. The van der Waals surface area contributed by atoms with Gasteiger partial charge in [-0.05, 0) is 37.3 Å². The van der Waals surface area contributed by atoms with Gasteiger partial charge in [0, 0.05) is 18.8 Å². The summed E-state index contributed by atoms with van der Waals surface area (Å²) in [5, 5.41) is 12.1. The van der Waals surface area contributed by atoms with Crippen LogP contribution in [0.25, 0.3) is 0 Å². The van der Waals surface area contributed by atoms with Gasteiger partial charge in [0.25, 0.3) is 0 Å². The summed E-state index contributed by atoms with van der Waals surface area (Å²) in [6.07, 6.45) is -4.43. The number of benzene rings is 1. The van der Waals surface area contributed by atoms with E-state index in [1.165, 1.54) is 18.2 Å². The van der Waals surface area contributed by atoms with Crippen LogP contribution in [0.5, 0.6) is 0 Å². The fourth-order valence-electron chi connectivity index (χ4n) is 2.79. The van der Waals surface area contributed by atoms with Crippen LogP contribution in [0.2, 0.25) is 0 Å². The van der Waals surface area contributed by atoms with Crippen molar-refractivity contribution >= 4 is 11.7 Å². The Morgan fingerprint density at radius 2 is 1.96 bits per heavy atom. The normalized spacial score (nSPS) is 17.9. The average Bonchev–Trinajstić information content (AvgIpc) is 2.48. The van der Waals surface area contributed by atoms with Crippen LogP contribution in [-0.4, -0.2) is 41.4 Å². The lowest BCUT2D eigenvalue weighted by molar-refractivity contribution is -0.127. The molecule has 0 aromatic heterocycles. The number of amides is 2. The van der Waals surface area contributed by atoms with Gasteiger partial charge in [-0.2, -0.15) is 13.2 Å². The van der Waals surface area contributed by atoms with Crippen molar-refractivity contribution in [2.45, 2.75) is 38.5 Å². The lowest BCUT2D eigenvalue weighted by Crippen LogP contribution is -2.43. The van der Waals surface area contributed by atoms with E-state index in [-0.39, 0.29) is 17.2 Å². The van der Waals surface area contributed by atoms with Crippen LogP contribution < -0.4 is 5.32 Å². The van der Waals surface area contributed by atoms with Crippen LogP contribution in [0.4, 0.5) is 23.7 Å². The van der Waals surface area contributed by atoms with Gasteiger partial charge in [-0.25, -0.2) is 4.79 Å². The number of carbonyl (C=O) groups is 1. The maximum atomic E-state index is 12.6. The molecule has 2 amide bonds. The number of piperidine rings is 1. The number of hydrogen-bond acceptors (Lipinski definition) is 2. The zero-order valence-corrected chi connectivity index (χ0v) is 12.9. The molecule has 0 aliphatic carbocycles. The predicted octanol–water partition coefficient (Wildman–Crippen LogP) is 3.42. The van der Waals surface area contributed by atoms with Crippen molar-refractivity contribution < 1.29 is 23.1 Å². The lowest BCUT2D eigenvalue weighted by atomic mass is 9.92. The second kappa shape index (κ2) is 7.21. The molecule has 1 fully saturated rings. The highest BCUT2D eigenvalue weighted by Crippen LogP contribution is 2.27. The van der Waals surface area contributed by atoms with Crippen molar-refractivity contribution in [1.82, 2.24) is 4.90 Å². The van der Waals surface area contributed by atoms with E-state index in [0.29, 0.717) is 25.9 Å². The number of halogens is 3. The van der Waals surface area contributed by atoms with Crippen molar-refractivity contribution in [3.05, 3.63) is 29.8 Å². The topological polar surface area (TPSA) is 52.6 Å². The number of aliphatic hydroxyl groups is 1. The minimum Gasteiger partial charge on any atom is -0.393 e. The number of urea groups is 1. The van der Waals surface area contributed by atoms with E-state index in [9.17, 15) is 23.1 Å². The van der Waals surface area contributed by atoms with Crippen molar-refractivity contribution in [1.29, 1.82) is 0 Å². The molecule has 1 saturated heterocycles. The molecule has 7 heteroatoms. The molecule has 0 bridgehead atoms. The van der Waals surface area contributed by atoms with E-state index in [1.54, 1.807) is 17.9 Å². The molecule has 1 aliphatic heterocycles. The van der Waals surface area contributed by atoms with Crippen molar-refractivity contribution in [3.63, 3.8) is 0 Å². The first-order valence-electron chi connectivity index (χ1n) is 7.65. The van der Waals surface area contributed by atoms with Crippen LogP contribution in [0.1, 0.15) is 25.3 Å². The SMILES string of the molecule is CC(O)C1CCN(C(=O)Nc2ccccc2CC(F)(F)F)CC1. The molecular weight excluding hydrogens is 309 g/mol. The highest BCUT2D eigenvalue weighted by atomic mass is 19.4. The molecule has 2 N–H and O–H groups in total. The molecule has 23 heavy (non-hydrogen) atoms. The van der Waals surface area contributed by atoms with Crippen LogP contribution in [0.15, 0.2) is 24.3 Å². The van der Waals surface area contributed by atoms with E-state index >= 15 is 0 Å². The molecular formula is C16H21F3N2O2. The summed E-state index contributed by atoms with van der Waals surface area (Å²) in [6.45, 7) is 2.71. The van der Waals surface area contributed by atoms with E-state index in [0.717, 1.165) is 0 Å². The summed E-state index contributed by atoms with van der Waals surface area (Å²) < 4.78 is 37.8. The Hall–Kier alpha value is -1.76. The third-order valence-corrected chi connectivity index (χ3v) is 4.16. The van der Waals surface area contributed by atoms with E-state index in [4.69, 9.17) is 0 Å². The van der Waals surface area contributed by atoms with E-state index < -0.39 is 24.7 Å². The second-order valence-electron chi connectivity index (χ2n) is 5.94. The number of carbonyl (C=O) groups excluding carboxylic acids is 1. The zero-order chi connectivity index (χ0) is 17.0. The summed E-state index contributed by atoms with van der Waals surface area (Å²) in [4.78, 5) is 13.8. The van der Waals surface area contributed by atoms with Crippen LogP contribution >= 0.6 is 0 Å². The first-order chi connectivity index (χ1) is 10.8. The number of aliphatic hydroxyl groups excluding tert-OH is 1. The van der Waals surface area contributed by atoms with Crippen LogP contribution in [-0.2, 0) is 6.42 Å². The first-order valence-corrected chi connectivity index (χ1v) is 7.65. The fraction of sp³-hybridized carbons (Fsp3) is 0.562. The average molecular weight is 330 g/mol. The van der Waals surface area contributed by atoms with Gasteiger partial charge >= 0.3 is 12.2 Å². The molecule has 0 spiro atoms. The summed E-state index contributed by atoms with van der Waals surface area (Å²) in [5.74, 6) is 0.163. The number of anilines is 1. The van der Waals surface area contributed by atoms with Crippen molar-refractivity contribution in [3.8, 4) is 0 Å². The highest BCUT2D eigenvalue weighted by molar-refractivity contribution is 5.90. The standard InChI is InChI=1S/C16H21F3N2O2/c1-11(22)12-6-8-21(9-7-12)15(23)20-14-5-3-2-4-13(14)10-16(17,18)19/h2-5,11-12,22H,6-10H2,1H3,(H,20,23). The summed E-state index contributed by atoms with van der Waals surface area (Å²) in [7, 11) is 0. The third kappa shape index (κ3) is 5.13. The second-order valence-corrected chi connectivity index (χ2v) is 5.94. The number of nitrogens with one attached hydrogen (secondary N) is 1. The Bertz CT molecular complexity index is 538. The molecule has 2 rings (SSSR count). The van der Waals surface area contributed by atoms with Gasteiger partial charge in [-0.15, -0.1) is 0 Å². The Kier molecular flexibility index (Phi) is 5.51. The smallest absolute Gasteiger partial charge is 0.393 e. The molecule has 1 aromatic rings. The van der Waals surface area contributed by atoms with Crippen LogP contribution in [0, 0.1) is 5.92 Å². The van der Waals surface area contributed by atoms with Crippen molar-refractivity contribution in [2.75, 3.05) is 18.4 Å². The number of likely N-dealkylation sites (tertiary alicyclic amines) is 1. The largest absolute Gasteiger partial charge is 0.393 e. The van der Waals surface area contributed by atoms with Gasteiger partial charge in [0.15, 0.2) is 0 Å².